The van der Waals surface area contributed by atoms with Gasteiger partial charge in [0.1, 0.15) is 6.33 Å². The fourth-order valence-electron chi connectivity index (χ4n) is 1.40. The summed E-state index contributed by atoms with van der Waals surface area (Å²) in [6.45, 7) is 5.91. The largest absolute Gasteiger partial charge is 0.225 e. The Kier molecular flexibility index (Phi) is 3.01. The Balaban J connectivity index is 2.31. The van der Waals surface area contributed by atoms with E-state index in [0.717, 1.165) is 17.7 Å². The molecule has 4 heteroatoms. The van der Waals surface area contributed by atoms with Gasteiger partial charge in [-0.3, -0.25) is 0 Å². The first-order chi connectivity index (χ1) is 8.24. The van der Waals surface area contributed by atoms with E-state index >= 15 is 0 Å². The second-order valence-corrected chi connectivity index (χ2v) is 3.62. The molecule has 0 N–H and O–H groups in total. The highest BCUT2D eigenvalue weighted by Gasteiger charge is 2.05. The molecule has 0 radical (unpaired) electrons. The molecule has 0 atom stereocenters. The van der Waals surface area contributed by atoms with E-state index in [2.05, 4.69) is 22.7 Å². The molecule has 0 fully saturated rings. The molecular formula is C13H12N4. The number of nitrogens with zero attached hydrogens (tertiary/aromatic N) is 4. The van der Waals surface area contributed by atoms with Crippen LogP contribution in [0.15, 0.2) is 37.2 Å². The van der Waals surface area contributed by atoms with Gasteiger partial charge < -0.3 is 0 Å². The lowest BCUT2D eigenvalue weighted by Crippen LogP contribution is -1.95. The Labute approximate surface area is 99.8 Å². The first kappa shape index (κ1) is 11.1. The van der Waals surface area contributed by atoms with Crippen LogP contribution in [0.5, 0.6) is 0 Å². The number of hydrogen-bond donors (Lipinski definition) is 0. The van der Waals surface area contributed by atoms with Gasteiger partial charge >= 0.3 is 0 Å². The third-order valence-corrected chi connectivity index (χ3v) is 2.50. The van der Waals surface area contributed by atoms with Gasteiger partial charge in [-0.15, -0.1) is 5.10 Å². The molecule has 4 nitrogen and oxygen atoms in total. The summed E-state index contributed by atoms with van der Waals surface area (Å²) in [6, 6.07) is 9.27. The molecule has 0 saturated carbocycles. The maximum Gasteiger partial charge on any atom is 0.181 e. The highest BCUT2D eigenvalue weighted by atomic mass is 15.3. The first-order valence-corrected chi connectivity index (χ1v) is 5.35. The van der Waals surface area contributed by atoms with Gasteiger partial charge in [0.2, 0.25) is 0 Å². The fraction of sp³-hybridized carbons (Fsp3) is 0.154. The number of hydrogen-bond acceptors (Lipinski definition) is 3. The molecule has 1 heterocycles. The number of rotatable bonds is 3. The maximum absolute atomic E-state index is 8.71. The summed E-state index contributed by atoms with van der Waals surface area (Å²) in [6.07, 6.45) is 2.48. The molecule has 0 amide bonds. The smallest absolute Gasteiger partial charge is 0.181 e. The summed E-state index contributed by atoms with van der Waals surface area (Å²) in [4.78, 5) is 4.22. The molecule has 0 aliphatic heterocycles. The topological polar surface area (TPSA) is 54.5 Å². The molecule has 17 heavy (non-hydrogen) atoms. The number of nitriles is 1. The van der Waals surface area contributed by atoms with Crippen molar-refractivity contribution >= 4 is 5.70 Å². The molecule has 0 bridgehead atoms. The SMILES string of the molecule is C=C(CC)n1cnc(-c2ccc(C#N)cc2)n1. The second kappa shape index (κ2) is 4.62. The lowest BCUT2D eigenvalue weighted by atomic mass is 10.1. The Bertz CT molecular complexity index is 572. The van der Waals surface area contributed by atoms with Gasteiger partial charge in [-0.1, -0.05) is 13.5 Å². The van der Waals surface area contributed by atoms with Gasteiger partial charge in [-0.25, -0.2) is 9.67 Å². The quantitative estimate of drug-likeness (QED) is 0.805. The third kappa shape index (κ3) is 2.23. The Morgan fingerprint density at radius 3 is 2.71 bits per heavy atom. The minimum absolute atomic E-state index is 0.631. The van der Waals surface area contributed by atoms with Gasteiger partial charge in [-0.05, 0) is 30.7 Å². The maximum atomic E-state index is 8.71. The van der Waals surface area contributed by atoms with Crippen molar-refractivity contribution in [2.45, 2.75) is 13.3 Å². The molecule has 2 aromatic rings. The molecule has 1 aromatic carbocycles. The van der Waals surface area contributed by atoms with E-state index in [0.29, 0.717) is 11.4 Å². The zero-order valence-electron chi connectivity index (χ0n) is 9.59. The molecule has 2 rings (SSSR count). The van der Waals surface area contributed by atoms with Crippen LogP contribution in [-0.4, -0.2) is 14.8 Å². The van der Waals surface area contributed by atoms with Crippen molar-refractivity contribution in [1.82, 2.24) is 14.8 Å². The van der Waals surface area contributed by atoms with Crippen molar-refractivity contribution in [1.29, 1.82) is 5.26 Å². The van der Waals surface area contributed by atoms with Crippen LogP contribution >= 0.6 is 0 Å². The lowest BCUT2D eigenvalue weighted by molar-refractivity contribution is 0.869. The van der Waals surface area contributed by atoms with E-state index in [1.807, 2.05) is 19.1 Å². The Morgan fingerprint density at radius 2 is 2.12 bits per heavy atom. The predicted molar refractivity (Wildman–Crippen MR) is 65.8 cm³/mol. The standard InChI is InChI=1S/C13H12N4/c1-3-10(2)17-9-15-13(16-17)12-6-4-11(8-14)5-7-12/h4-7,9H,2-3H2,1H3. The van der Waals surface area contributed by atoms with Crippen molar-refractivity contribution < 1.29 is 0 Å². The van der Waals surface area contributed by atoms with Crippen molar-refractivity contribution in [3.8, 4) is 17.5 Å². The summed E-state index contributed by atoms with van der Waals surface area (Å²) in [5.74, 6) is 0.643. The Morgan fingerprint density at radius 1 is 1.41 bits per heavy atom. The molecule has 84 valence electrons. The van der Waals surface area contributed by atoms with Crippen molar-refractivity contribution in [3.05, 3.63) is 42.7 Å². The molecule has 0 aliphatic carbocycles. The van der Waals surface area contributed by atoms with E-state index in [4.69, 9.17) is 5.26 Å². The number of allylic oxidation sites excluding steroid dienone is 1. The molecule has 0 aliphatic rings. The average Bonchev–Trinajstić information content (AvgIpc) is 2.87. The van der Waals surface area contributed by atoms with Gasteiger partial charge in [0.15, 0.2) is 5.82 Å². The van der Waals surface area contributed by atoms with Crippen molar-refractivity contribution in [3.63, 3.8) is 0 Å². The summed E-state index contributed by atoms with van der Waals surface area (Å²) in [7, 11) is 0. The van der Waals surface area contributed by atoms with Crippen LogP contribution in [0.1, 0.15) is 18.9 Å². The zero-order valence-corrected chi connectivity index (χ0v) is 9.59. The molecular weight excluding hydrogens is 212 g/mol. The van der Waals surface area contributed by atoms with E-state index in [1.165, 1.54) is 0 Å². The second-order valence-electron chi connectivity index (χ2n) is 3.62. The highest BCUT2D eigenvalue weighted by molar-refractivity contribution is 5.56. The summed E-state index contributed by atoms with van der Waals surface area (Å²) >= 11 is 0. The van der Waals surface area contributed by atoms with Gasteiger partial charge in [-0.2, -0.15) is 5.26 Å². The van der Waals surface area contributed by atoms with Crippen molar-refractivity contribution in [2.24, 2.45) is 0 Å². The molecule has 1 aromatic heterocycles. The van der Waals surface area contributed by atoms with Crippen LogP contribution in [0.3, 0.4) is 0 Å². The summed E-state index contributed by atoms with van der Waals surface area (Å²) in [5, 5.41) is 13.0. The molecule has 0 saturated heterocycles. The van der Waals surface area contributed by atoms with Gasteiger partial charge in [0.05, 0.1) is 11.6 Å². The molecule has 0 unspecified atom stereocenters. The molecule has 0 spiro atoms. The number of aromatic nitrogens is 3. The van der Waals surface area contributed by atoms with E-state index in [1.54, 1.807) is 23.1 Å². The van der Waals surface area contributed by atoms with E-state index in [9.17, 15) is 0 Å². The van der Waals surface area contributed by atoms with Crippen LogP contribution in [0, 0.1) is 11.3 Å². The normalized spacial score (nSPS) is 9.88. The summed E-state index contributed by atoms with van der Waals surface area (Å²) < 4.78 is 1.67. The minimum Gasteiger partial charge on any atom is -0.225 e. The van der Waals surface area contributed by atoms with Crippen LogP contribution in [0.4, 0.5) is 0 Å². The van der Waals surface area contributed by atoms with E-state index < -0.39 is 0 Å². The average molecular weight is 224 g/mol. The van der Waals surface area contributed by atoms with Gasteiger partial charge in [0, 0.05) is 11.3 Å². The summed E-state index contributed by atoms with van der Waals surface area (Å²) in [5.41, 5.74) is 2.43. The number of benzene rings is 1. The van der Waals surface area contributed by atoms with Crippen LogP contribution in [0.25, 0.3) is 17.1 Å². The van der Waals surface area contributed by atoms with Crippen LogP contribution < -0.4 is 0 Å². The minimum atomic E-state index is 0.631. The monoisotopic (exact) mass is 224 g/mol. The third-order valence-electron chi connectivity index (χ3n) is 2.50. The van der Waals surface area contributed by atoms with Crippen LogP contribution in [0.2, 0.25) is 0 Å². The lowest BCUT2D eigenvalue weighted by Gasteiger charge is -1.99. The van der Waals surface area contributed by atoms with E-state index in [-0.39, 0.29) is 0 Å². The fourth-order valence-corrected chi connectivity index (χ4v) is 1.40. The predicted octanol–water partition coefficient (Wildman–Crippen LogP) is 2.70. The first-order valence-electron chi connectivity index (χ1n) is 5.35. The van der Waals surface area contributed by atoms with Crippen molar-refractivity contribution in [2.75, 3.05) is 0 Å². The zero-order chi connectivity index (χ0) is 12.3. The highest BCUT2D eigenvalue weighted by Crippen LogP contribution is 2.16. The van der Waals surface area contributed by atoms with Crippen LogP contribution in [-0.2, 0) is 0 Å². The Hall–Kier alpha value is -2.41. The van der Waals surface area contributed by atoms with Gasteiger partial charge in [0.25, 0.3) is 0 Å².